The van der Waals surface area contributed by atoms with Crippen molar-refractivity contribution < 1.29 is 9.26 Å². The Bertz CT molecular complexity index is 597. The third-order valence-corrected chi connectivity index (χ3v) is 3.88. The van der Waals surface area contributed by atoms with Crippen LogP contribution in [0.2, 0.25) is 0 Å². The van der Waals surface area contributed by atoms with Crippen molar-refractivity contribution in [1.82, 2.24) is 15.5 Å². The summed E-state index contributed by atoms with van der Waals surface area (Å²) in [5.74, 6) is 2.64. The number of hydrogen-bond donors (Lipinski definition) is 1. The van der Waals surface area contributed by atoms with Crippen molar-refractivity contribution in [2.24, 2.45) is 5.92 Å². The summed E-state index contributed by atoms with van der Waals surface area (Å²) < 4.78 is 11.0. The molecule has 0 radical (unpaired) electrons. The minimum absolute atomic E-state index is 0.162. The number of aromatic nitrogens is 2. The van der Waals surface area contributed by atoms with E-state index >= 15 is 0 Å². The highest BCUT2D eigenvalue weighted by atomic mass is 16.5. The first-order valence-corrected chi connectivity index (χ1v) is 7.58. The maximum Gasteiger partial charge on any atom is 0.244 e. The van der Waals surface area contributed by atoms with Gasteiger partial charge in [-0.05, 0) is 44.4 Å². The number of hydrogen-bond acceptors (Lipinski definition) is 5. The third kappa shape index (κ3) is 3.08. The van der Waals surface area contributed by atoms with Crippen molar-refractivity contribution in [2.45, 2.75) is 32.7 Å². The molecule has 5 nitrogen and oxygen atoms in total. The number of nitrogens with zero attached hydrogens (tertiary/aromatic N) is 2. The molecule has 1 saturated heterocycles. The zero-order valence-electron chi connectivity index (χ0n) is 12.5. The number of rotatable bonds is 4. The molecular formula is C16H21N3O2. The van der Waals surface area contributed by atoms with Gasteiger partial charge in [-0.2, -0.15) is 4.98 Å². The minimum Gasteiger partial charge on any atom is -0.494 e. The van der Waals surface area contributed by atoms with Crippen LogP contribution in [-0.4, -0.2) is 23.3 Å². The fourth-order valence-electron chi connectivity index (χ4n) is 2.75. The molecule has 0 bridgehead atoms. The summed E-state index contributed by atoms with van der Waals surface area (Å²) in [6.45, 7) is 5.84. The maximum atomic E-state index is 5.51. The first-order valence-electron chi connectivity index (χ1n) is 7.58. The van der Waals surface area contributed by atoms with E-state index in [-0.39, 0.29) is 6.04 Å². The molecule has 0 spiro atoms. The Hall–Kier alpha value is -1.88. The lowest BCUT2D eigenvalue weighted by Gasteiger charge is -2.26. The third-order valence-electron chi connectivity index (χ3n) is 3.88. The molecule has 3 rings (SSSR count). The van der Waals surface area contributed by atoms with E-state index in [0.29, 0.717) is 24.2 Å². The van der Waals surface area contributed by atoms with Crippen molar-refractivity contribution in [3.8, 4) is 17.1 Å². The molecule has 0 amide bonds. The second-order valence-electron chi connectivity index (χ2n) is 5.47. The Labute approximate surface area is 124 Å². The largest absolute Gasteiger partial charge is 0.494 e. The van der Waals surface area contributed by atoms with Crippen LogP contribution in [0, 0.1) is 5.92 Å². The highest BCUT2D eigenvalue weighted by Crippen LogP contribution is 2.29. The van der Waals surface area contributed by atoms with Crippen LogP contribution in [0.25, 0.3) is 11.4 Å². The average molecular weight is 287 g/mol. The van der Waals surface area contributed by atoms with Crippen molar-refractivity contribution in [1.29, 1.82) is 0 Å². The summed E-state index contributed by atoms with van der Waals surface area (Å²) in [6, 6.07) is 7.94. The van der Waals surface area contributed by atoms with Crippen LogP contribution >= 0.6 is 0 Å². The van der Waals surface area contributed by atoms with Gasteiger partial charge in [-0.15, -0.1) is 0 Å². The molecule has 2 heterocycles. The van der Waals surface area contributed by atoms with E-state index in [9.17, 15) is 0 Å². The van der Waals surface area contributed by atoms with Crippen molar-refractivity contribution >= 4 is 0 Å². The molecule has 5 heteroatoms. The van der Waals surface area contributed by atoms with Crippen molar-refractivity contribution in [2.75, 3.05) is 13.2 Å². The Morgan fingerprint density at radius 2 is 2.33 bits per heavy atom. The zero-order chi connectivity index (χ0) is 14.7. The Balaban J connectivity index is 1.82. The summed E-state index contributed by atoms with van der Waals surface area (Å²) in [4.78, 5) is 4.56. The molecule has 2 unspecified atom stereocenters. The first kappa shape index (κ1) is 14.1. The molecule has 0 aliphatic carbocycles. The van der Waals surface area contributed by atoms with Crippen LogP contribution in [0.15, 0.2) is 28.8 Å². The Kier molecular flexibility index (Phi) is 4.20. The van der Waals surface area contributed by atoms with Gasteiger partial charge in [-0.1, -0.05) is 24.2 Å². The fraction of sp³-hybridized carbons (Fsp3) is 0.500. The molecule has 1 aromatic carbocycles. The molecule has 1 fully saturated rings. The van der Waals surface area contributed by atoms with E-state index in [1.54, 1.807) is 0 Å². The standard InChI is InChI=1S/C16H21N3O2/c1-3-20-13-8-4-7-12(10-13)15-18-16(21-19-15)14-11(2)6-5-9-17-14/h4,7-8,10-11,14,17H,3,5-6,9H2,1-2H3. The second kappa shape index (κ2) is 6.26. The number of benzene rings is 1. The van der Waals surface area contributed by atoms with E-state index in [2.05, 4.69) is 22.4 Å². The molecule has 1 N–H and O–H groups in total. The van der Waals surface area contributed by atoms with E-state index in [1.165, 1.54) is 12.8 Å². The monoisotopic (exact) mass is 287 g/mol. The number of nitrogens with one attached hydrogen (secondary N) is 1. The van der Waals surface area contributed by atoms with E-state index in [4.69, 9.17) is 9.26 Å². The fourth-order valence-corrected chi connectivity index (χ4v) is 2.75. The molecule has 112 valence electrons. The van der Waals surface area contributed by atoms with Gasteiger partial charge in [-0.3, -0.25) is 0 Å². The van der Waals surface area contributed by atoms with Crippen molar-refractivity contribution in [3.63, 3.8) is 0 Å². The molecule has 2 aromatic rings. The lowest BCUT2D eigenvalue weighted by Crippen LogP contribution is -2.33. The summed E-state index contributed by atoms with van der Waals surface area (Å²) in [6.07, 6.45) is 2.39. The normalized spacial score (nSPS) is 22.2. The van der Waals surface area contributed by atoms with Gasteiger partial charge >= 0.3 is 0 Å². The quantitative estimate of drug-likeness (QED) is 0.935. The van der Waals surface area contributed by atoms with Crippen LogP contribution in [0.1, 0.15) is 38.6 Å². The lowest BCUT2D eigenvalue weighted by atomic mass is 9.93. The SMILES string of the molecule is CCOc1cccc(-c2noc(C3NCCCC3C)n2)c1. The predicted octanol–water partition coefficient (Wildman–Crippen LogP) is 3.20. The topological polar surface area (TPSA) is 60.2 Å². The summed E-state index contributed by atoms with van der Waals surface area (Å²) >= 11 is 0. The summed E-state index contributed by atoms with van der Waals surface area (Å²) in [5.41, 5.74) is 0.916. The molecule has 21 heavy (non-hydrogen) atoms. The maximum absolute atomic E-state index is 5.51. The summed E-state index contributed by atoms with van der Waals surface area (Å²) in [5, 5.41) is 7.58. The van der Waals surface area contributed by atoms with Gasteiger partial charge in [-0.25, -0.2) is 0 Å². The van der Waals surface area contributed by atoms with Crippen molar-refractivity contribution in [3.05, 3.63) is 30.2 Å². The minimum atomic E-state index is 0.162. The van der Waals surface area contributed by atoms with E-state index in [0.717, 1.165) is 17.9 Å². The van der Waals surface area contributed by atoms with Crippen LogP contribution in [0.3, 0.4) is 0 Å². The van der Waals surface area contributed by atoms with Gasteiger partial charge in [0.05, 0.1) is 12.6 Å². The van der Waals surface area contributed by atoms with Gasteiger partial charge in [0.15, 0.2) is 0 Å². The predicted molar refractivity (Wildman–Crippen MR) is 80.0 cm³/mol. The van der Waals surface area contributed by atoms with Crippen LogP contribution in [0.4, 0.5) is 0 Å². The smallest absolute Gasteiger partial charge is 0.244 e. The van der Waals surface area contributed by atoms with E-state index in [1.807, 2.05) is 31.2 Å². The molecule has 0 saturated carbocycles. The second-order valence-corrected chi connectivity index (χ2v) is 5.47. The molecule has 1 aromatic heterocycles. The van der Waals surface area contributed by atoms with Crippen LogP contribution in [0.5, 0.6) is 5.75 Å². The van der Waals surface area contributed by atoms with Gasteiger partial charge in [0, 0.05) is 5.56 Å². The Morgan fingerprint density at radius 1 is 1.43 bits per heavy atom. The lowest BCUT2D eigenvalue weighted by molar-refractivity contribution is 0.239. The highest BCUT2D eigenvalue weighted by Gasteiger charge is 2.27. The molecular weight excluding hydrogens is 266 g/mol. The molecule has 1 aliphatic heterocycles. The van der Waals surface area contributed by atoms with Gasteiger partial charge < -0.3 is 14.6 Å². The van der Waals surface area contributed by atoms with E-state index < -0.39 is 0 Å². The van der Waals surface area contributed by atoms with Gasteiger partial charge in [0.2, 0.25) is 11.7 Å². The number of piperidine rings is 1. The zero-order valence-corrected chi connectivity index (χ0v) is 12.5. The van der Waals surface area contributed by atoms with Gasteiger partial charge in [0.25, 0.3) is 0 Å². The molecule has 2 atom stereocenters. The average Bonchev–Trinajstić information content (AvgIpc) is 2.98. The number of ether oxygens (including phenoxy) is 1. The van der Waals surface area contributed by atoms with Crippen LogP contribution in [-0.2, 0) is 0 Å². The first-order chi connectivity index (χ1) is 10.3. The van der Waals surface area contributed by atoms with Gasteiger partial charge in [0.1, 0.15) is 5.75 Å². The molecule has 1 aliphatic rings. The highest BCUT2D eigenvalue weighted by molar-refractivity contribution is 5.56. The Morgan fingerprint density at radius 3 is 3.14 bits per heavy atom. The summed E-state index contributed by atoms with van der Waals surface area (Å²) in [7, 11) is 0. The van der Waals surface area contributed by atoms with Crippen LogP contribution < -0.4 is 10.1 Å².